The van der Waals surface area contributed by atoms with E-state index in [9.17, 15) is 4.79 Å². The molecule has 3 unspecified atom stereocenters. The zero-order chi connectivity index (χ0) is 18.7. The molecule has 1 saturated carbocycles. The molecular formula is C21H30Cl2N2O. The van der Waals surface area contributed by atoms with Gasteiger partial charge in [0.2, 0.25) is 5.91 Å². The van der Waals surface area contributed by atoms with Gasteiger partial charge in [-0.3, -0.25) is 10.1 Å². The van der Waals surface area contributed by atoms with Gasteiger partial charge in [-0.1, -0.05) is 62.4 Å². The summed E-state index contributed by atoms with van der Waals surface area (Å²) in [7, 11) is 0. The predicted molar refractivity (Wildman–Crippen MR) is 109 cm³/mol. The van der Waals surface area contributed by atoms with Crippen LogP contribution in [0.25, 0.3) is 0 Å². The number of rotatable bonds is 5. The van der Waals surface area contributed by atoms with E-state index in [2.05, 4.69) is 24.1 Å². The largest absolute Gasteiger partial charge is 0.326 e. The van der Waals surface area contributed by atoms with Gasteiger partial charge in [-0.25, -0.2) is 0 Å². The molecule has 3 atom stereocenters. The molecule has 1 aliphatic carbocycles. The number of benzene rings is 1. The third-order valence-corrected chi connectivity index (χ3v) is 6.54. The topological polar surface area (TPSA) is 32.3 Å². The van der Waals surface area contributed by atoms with Crippen molar-refractivity contribution in [2.45, 2.75) is 58.5 Å². The molecule has 1 N–H and O–H groups in total. The number of amides is 1. The monoisotopic (exact) mass is 396 g/mol. The first-order valence-electron chi connectivity index (χ1n) is 9.92. The predicted octanol–water partition coefficient (Wildman–Crippen LogP) is 5.15. The molecule has 0 aromatic heterocycles. The molecule has 0 spiro atoms. The summed E-state index contributed by atoms with van der Waals surface area (Å²) in [6, 6.07) is 5.49. The number of carbonyl (C=O) groups is 1. The van der Waals surface area contributed by atoms with E-state index in [4.69, 9.17) is 23.2 Å². The van der Waals surface area contributed by atoms with Crippen molar-refractivity contribution >= 4 is 29.1 Å². The minimum absolute atomic E-state index is 0.173. The number of halogens is 2. The highest BCUT2D eigenvalue weighted by Gasteiger charge is 2.39. The number of carbonyl (C=O) groups excluding carboxylic acids is 1. The standard InChI is InChI=1S/C21H30Cl2N2O/c1-14(2)13-25(20(26)12-15-7-8-18(22)19(23)11-15)21-17-6-4-3-5-16(17)9-10-24-21/h7-8,11,14,16-17,21,24H,3-6,9-10,12-13H2,1-2H3. The molecule has 1 heterocycles. The zero-order valence-corrected chi connectivity index (χ0v) is 17.3. The van der Waals surface area contributed by atoms with Crippen LogP contribution in [0.4, 0.5) is 0 Å². The average Bonchev–Trinajstić information content (AvgIpc) is 2.62. The lowest BCUT2D eigenvalue weighted by Crippen LogP contribution is -2.59. The van der Waals surface area contributed by atoms with Crippen LogP contribution < -0.4 is 5.32 Å². The van der Waals surface area contributed by atoms with Crippen LogP contribution >= 0.6 is 23.2 Å². The highest BCUT2D eigenvalue weighted by molar-refractivity contribution is 6.42. The van der Waals surface area contributed by atoms with Gasteiger partial charge >= 0.3 is 0 Å². The summed E-state index contributed by atoms with van der Waals surface area (Å²) in [5.74, 6) is 1.98. The maximum atomic E-state index is 13.2. The maximum Gasteiger partial charge on any atom is 0.228 e. The summed E-state index contributed by atoms with van der Waals surface area (Å²) in [5, 5.41) is 4.71. The Kier molecular flexibility index (Phi) is 6.87. The number of nitrogens with zero attached hydrogens (tertiary/aromatic N) is 1. The van der Waals surface area contributed by atoms with Crippen molar-refractivity contribution in [2.24, 2.45) is 17.8 Å². The molecule has 144 valence electrons. The van der Waals surface area contributed by atoms with Gasteiger partial charge in [0.15, 0.2) is 0 Å². The number of nitrogens with one attached hydrogen (secondary N) is 1. The second-order valence-electron chi connectivity index (χ2n) is 8.26. The van der Waals surface area contributed by atoms with Gasteiger partial charge in [0, 0.05) is 6.54 Å². The van der Waals surface area contributed by atoms with Crippen molar-refractivity contribution in [2.75, 3.05) is 13.1 Å². The molecule has 0 bridgehead atoms. The van der Waals surface area contributed by atoms with Crippen LogP contribution in [0.3, 0.4) is 0 Å². The lowest BCUT2D eigenvalue weighted by atomic mass is 9.73. The number of hydrogen-bond acceptors (Lipinski definition) is 2. The van der Waals surface area contributed by atoms with Crippen molar-refractivity contribution in [1.82, 2.24) is 10.2 Å². The Balaban J connectivity index is 1.77. The number of hydrogen-bond donors (Lipinski definition) is 1. The Morgan fingerprint density at radius 1 is 1.19 bits per heavy atom. The molecule has 1 amide bonds. The van der Waals surface area contributed by atoms with Crippen LogP contribution in [0.15, 0.2) is 18.2 Å². The second-order valence-corrected chi connectivity index (χ2v) is 9.08. The van der Waals surface area contributed by atoms with Gasteiger partial charge in [-0.15, -0.1) is 0 Å². The first-order chi connectivity index (χ1) is 12.5. The smallest absolute Gasteiger partial charge is 0.228 e. The first kappa shape index (κ1) is 20.0. The molecule has 1 saturated heterocycles. The molecule has 1 aromatic carbocycles. The molecule has 1 aliphatic heterocycles. The zero-order valence-electron chi connectivity index (χ0n) is 15.8. The molecule has 3 rings (SSSR count). The van der Waals surface area contributed by atoms with Gasteiger partial charge in [0.25, 0.3) is 0 Å². The molecule has 26 heavy (non-hydrogen) atoms. The van der Waals surface area contributed by atoms with Crippen LogP contribution in [0.5, 0.6) is 0 Å². The van der Waals surface area contributed by atoms with E-state index in [1.165, 1.54) is 32.1 Å². The lowest BCUT2D eigenvalue weighted by molar-refractivity contribution is -0.137. The minimum atomic E-state index is 0.173. The van der Waals surface area contributed by atoms with Crippen LogP contribution in [-0.2, 0) is 11.2 Å². The normalized spacial score (nSPS) is 25.8. The molecule has 1 aromatic rings. The van der Waals surface area contributed by atoms with Gasteiger partial charge in [-0.2, -0.15) is 0 Å². The second kappa shape index (κ2) is 8.95. The van der Waals surface area contributed by atoms with Gasteiger partial charge in [-0.05, 0) is 54.8 Å². The summed E-state index contributed by atoms with van der Waals surface area (Å²) in [6.45, 7) is 6.17. The Morgan fingerprint density at radius 3 is 2.69 bits per heavy atom. The van der Waals surface area contributed by atoms with Crippen molar-refractivity contribution in [3.63, 3.8) is 0 Å². The quantitative estimate of drug-likeness (QED) is 0.746. The molecule has 2 fully saturated rings. The Hall–Kier alpha value is -0.770. The van der Waals surface area contributed by atoms with Crippen molar-refractivity contribution in [1.29, 1.82) is 0 Å². The van der Waals surface area contributed by atoms with E-state index in [1.54, 1.807) is 6.07 Å². The highest BCUT2D eigenvalue weighted by atomic mass is 35.5. The fraction of sp³-hybridized carbons (Fsp3) is 0.667. The third-order valence-electron chi connectivity index (χ3n) is 5.80. The SMILES string of the molecule is CC(C)CN(C(=O)Cc1ccc(Cl)c(Cl)c1)C1NCCC2CCCCC21. The summed E-state index contributed by atoms with van der Waals surface area (Å²) < 4.78 is 0. The van der Waals surface area contributed by atoms with E-state index in [0.717, 1.165) is 24.6 Å². The molecule has 3 nitrogen and oxygen atoms in total. The summed E-state index contributed by atoms with van der Waals surface area (Å²) in [4.78, 5) is 15.3. The highest BCUT2D eigenvalue weighted by Crippen LogP contribution is 2.38. The summed E-state index contributed by atoms with van der Waals surface area (Å²) in [6.07, 6.45) is 6.98. The Morgan fingerprint density at radius 2 is 1.96 bits per heavy atom. The minimum Gasteiger partial charge on any atom is -0.326 e. The maximum absolute atomic E-state index is 13.2. The first-order valence-corrected chi connectivity index (χ1v) is 10.7. The van der Waals surface area contributed by atoms with Crippen LogP contribution in [-0.4, -0.2) is 30.1 Å². The lowest BCUT2D eigenvalue weighted by Gasteiger charge is -2.47. The average molecular weight is 397 g/mol. The van der Waals surface area contributed by atoms with Gasteiger partial charge in [0.05, 0.1) is 22.6 Å². The van der Waals surface area contributed by atoms with E-state index < -0.39 is 0 Å². The third kappa shape index (κ3) is 4.74. The Bertz CT molecular complexity index is 632. The molecule has 2 aliphatic rings. The van der Waals surface area contributed by atoms with E-state index in [-0.39, 0.29) is 12.1 Å². The fourth-order valence-corrected chi connectivity index (χ4v) is 4.93. The van der Waals surface area contributed by atoms with E-state index in [1.807, 2.05) is 12.1 Å². The van der Waals surface area contributed by atoms with Gasteiger partial charge < -0.3 is 4.90 Å². The van der Waals surface area contributed by atoms with Gasteiger partial charge in [0.1, 0.15) is 0 Å². The van der Waals surface area contributed by atoms with Crippen LogP contribution in [0.2, 0.25) is 10.0 Å². The van der Waals surface area contributed by atoms with E-state index >= 15 is 0 Å². The van der Waals surface area contributed by atoms with Crippen LogP contribution in [0.1, 0.15) is 51.5 Å². The summed E-state index contributed by atoms with van der Waals surface area (Å²) in [5.41, 5.74) is 0.925. The molecule has 5 heteroatoms. The van der Waals surface area contributed by atoms with Crippen LogP contribution in [0, 0.1) is 17.8 Å². The number of fused-ring (bicyclic) bond motifs is 1. The van der Waals surface area contributed by atoms with Crippen molar-refractivity contribution < 1.29 is 4.79 Å². The van der Waals surface area contributed by atoms with Crippen molar-refractivity contribution in [3.05, 3.63) is 33.8 Å². The summed E-state index contributed by atoms with van der Waals surface area (Å²) >= 11 is 12.1. The van der Waals surface area contributed by atoms with E-state index in [0.29, 0.717) is 28.3 Å². The van der Waals surface area contributed by atoms with Crippen molar-refractivity contribution in [3.8, 4) is 0 Å². The Labute approximate surface area is 167 Å². The fourth-order valence-electron chi connectivity index (χ4n) is 4.61. The molecular weight excluding hydrogens is 367 g/mol. The molecule has 0 radical (unpaired) electrons. The number of piperidine rings is 1.